The van der Waals surface area contributed by atoms with Gasteiger partial charge in [0, 0.05) is 19.3 Å². The molecule has 0 saturated carbocycles. The van der Waals surface area contributed by atoms with Crippen LogP contribution in [0.5, 0.6) is 0 Å². The molecule has 0 N–H and O–H groups in total. The second-order valence-corrected chi connectivity index (χ2v) is 21.7. The number of ether oxygens (including phenoxy) is 3. The number of hydrogen-bond donors (Lipinski definition) is 0. The molecule has 0 aliphatic carbocycles. The van der Waals surface area contributed by atoms with E-state index in [1.165, 1.54) is 270 Å². The van der Waals surface area contributed by atoms with Gasteiger partial charge in [-0.05, 0) is 19.3 Å². The molecule has 410 valence electrons. The van der Waals surface area contributed by atoms with Crippen molar-refractivity contribution in [3.05, 3.63) is 0 Å². The number of rotatable bonds is 59. The van der Waals surface area contributed by atoms with Crippen molar-refractivity contribution in [2.24, 2.45) is 0 Å². The van der Waals surface area contributed by atoms with Crippen LogP contribution in [-0.4, -0.2) is 37.2 Å². The molecule has 1 atom stereocenters. The summed E-state index contributed by atoms with van der Waals surface area (Å²) in [5.41, 5.74) is 0. The lowest BCUT2D eigenvalue weighted by Crippen LogP contribution is -2.30. The van der Waals surface area contributed by atoms with Gasteiger partial charge >= 0.3 is 17.9 Å². The first-order valence-corrected chi connectivity index (χ1v) is 31.5. The molecule has 6 heteroatoms. The summed E-state index contributed by atoms with van der Waals surface area (Å²) in [5.74, 6) is -0.826. The van der Waals surface area contributed by atoms with Gasteiger partial charge in [0.2, 0.25) is 0 Å². The first-order chi connectivity index (χ1) is 34.0. The number of carbonyl (C=O) groups excluding carboxylic acids is 3. The third-order valence-corrected chi connectivity index (χ3v) is 14.6. The van der Waals surface area contributed by atoms with Gasteiger partial charge in [-0.3, -0.25) is 14.4 Å². The Hall–Kier alpha value is -1.59. The van der Waals surface area contributed by atoms with E-state index >= 15 is 0 Å². The predicted molar refractivity (Wildman–Crippen MR) is 298 cm³/mol. The average molecular weight is 976 g/mol. The maximum absolute atomic E-state index is 12.9. The highest BCUT2D eigenvalue weighted by molar-refractivity contribution is 5.71. The van der Waals surface area contributed by atoms with Crippen molar-refractivity contribution < 1.29 is 28.6 Å². The van der Waals surface area contributed by atoms with E-state index in [4.69, 9.17) is 14.2 Å². The fraction of sp³-hybridized carbons (Fsp3) is 0.952. The smallest absolute Gasteiger partial charge is 0.306 e. The van der Waals surface area contributed by atoms with Gasteiger partial charge in [0.15, 0.2) is 6.10 Å². The molecule has 0 unspecified atom stereocenters. The van der Waals surface area contributed by atoms with E-state index in [2.05, 4.69) is 20.8 Å². The Morgan fingerprint density at radius 3 is 0.580 bits per heavy atom. The molecule has 0 rings (SSSR count). The van der Waals surface area contributed by atoms with Crippen LogP contribution < -0.4 is 0 Å². The average Bonchev–Trinajstić information content (AvgIpc) is 3.35. The van der Waals surface area contributed by atoms with Crippen molar-refractivity contribution in [3.63, 3.8) is 0 Å². The normalized spacial score (nSPS) is 11.9. The molecule has 0 bridgehead atoms. The van der Waals surface area contributed by atoms with Gasteiger partial charge in [-0.1, -0.05) is 329 Å². The molecule has 0 amide bonds. The third kappa shape index (κ3) is 57.2. The second-order valence-electron chi connectivity index (χ2n) is 21.7. The van der Waals surface area contributed by atoms with Crippen LogP contribution in [-0.2, 0) is 28.6 Å². The molecule has 6 nitrogen and oxygen atoms in total. The molecule has 0 spiro atoms. The largest absolute Gasteiger partial charge is 0.462 e. The Bertz CT molecular complexity index is 1030. The highest BCUT2D eigenvalue weighted by Gasteiger charge is 2.19. The number of unbranched alkanes of at least 4 members (excludes halogenated alkanes) is 48. The lowest BCUT2D eigenvalue weighted by Gasteiger charge is -2.18. The molecular weight excluding hydrogens is 853 g/mol. The van der Waals surface area contributed by atoms with Crippen molar-refractivity contribution in [1.29, 1.82) is 0 Å². The minimum absolute atomic E-state index is 0.0606. The minimum atomic E-state index is -0.762. The highest BCUT2D eigenvalue weighted by atomic mass is 16.6. The zero-order valence-corrected chi connectivity index (χ0v) is 47.1. The summed E-state index contributed by atoms with van der Waals surface area (Å²) >= 11 is 0. The molecule has 0 radical (unpaired) electrons. The lowest BCUT2D eigenvalue weighted by molar-refractivity contribution is -0.167. The van der Waals surface area contributed by atoms with Crippen molar-refractivity contribution in [1.82, 2.24) is 0 Å². The summed E-state index contributed by atoms with van der Waals surface area (Å²) in [6.45, 7) is 6.73. The Kier molecular flexibility index (Phi) is 57.6. The van der Waals surface area contributed by atoms with Crippen LogP contribution in [0.4, 0.5) is 0 Å². The molecule has 0 aromatic carbocycles. The van der Waals surface area contributed by atoms with Crippen LogP contribution in [0.25, 0.3) is 0 Å². The first kappa shape index (κ1) is 67.4. The molecule has 0 heterocycles. The molecule has 0 aromatic rings. The summed E-state index contributed by atoms with van der Waals surface area (Å²) in [6.07, 6.45) is 66.7. The van der Waals surface area contributed by atoms with Crippen LogP contribution in [0.2, 0.25) is 0 Å². The topological polar surface area (TPSA) is 78.9 Å². The molecule has 0 aliphatic heterocycles. The number of esters is 3. The van der Waals surface area contributed by atoms with E-state index in [0.717, 1.165) is 57.8 Å². The molecule has 0 aliphatic rings. The summed E-state index contributed by atoms with van der Waals surface area (Å²) in [6, 6.07) is 0. The van der Waals surface area contributed by atoms with Gasteiger partial charge in [0.25, 0.3) is 0 Å². The maximum Gasteiger partial charge on any atom is 0.306 e. The standard InChI is InChI=1S/C63H122O6/c1-4-7-10-13-16-19-22-25-28-29-30-31-32-33-36-38-41-44-47-50-53-56-62(65)68-59-60(69-63(66)57-54-51-48-45-42-39-35-27-24-21-18-15-12-9-6-3)58-67-61(64)55-52-49-46-43-40-37-34-26-23-20-17-14-11-8-5-2/h60H,4-59H2,1-3H3/t60-/m0/s1. The molecule has 0 saturated heterocycles. The lowest BCUT2D eigenvalue weighted by atomic mass is 10.0. The Morgan fingerprint density at radius 1 is 0.232 bits per heavy atom. The molecular formula is C63H122O6. The zero-order valence-electron chi connectivity index (χ0n) is 47.1. The number of carbonyl (C=O) groups is 3. The van der Waals surface area contributed by atoms with Gasteiger partial charge in [0.05, 0.1) is 0 Å². The van der Waals surface area contributed by atoms with Crippen LogP contribution in [0.3, 0.4) is 0 Å². The quantitative estimate of drug-likeness (QED) is 0.0343. The maximum atomic E-state index is 12.9. The van der Waals surface area contributed by atoms with Crippen LogP contribution in [0.15, 0.2) is 0 Å². The van der Waals surface area contributed by atoms with Crippen molar-refractivity contribution in [2.75, 3.05) is 13.2 Å². The van der Waals surface area contributed by atoms with Crippen LogP contribution >= 0.6 is 0 Å². The second kappa shape index (κ2) is 59.0. The van der Waals surface area contributed by atoms with Gasteiger partial charge in [-0.15, -0.1) is 0 Å². The Labute approximate surface area is 431 Å². The van der Waals surface area contributed by atoms with Crippen molar-refractivity contribution in [3.8, 4) is 0 Å². The Morgan fingerprint density at radius 2 is 0.391 bits per heavy atom. The summed E-state index contributed by atoms with van der Waals surface area (Å²) in [4.78, 5) is 38.2. The van der Waals surface area contributed by atoms with Gasteiger partial charge < -0.3 is 14.2 Å². The first-order valence-electron chi connectivity index (χ1n) is 31.5. The van der Waals surface area contributed by atoms with E-state index in [1.807, 2.05) is 0 Å². The monoisotopic (exact) mass is 975 g/mol. The predicted octanol–water partition coefficient (Wildman–Crippen LogP) is 21.1. The zero-order chi connectivity index (χ0) is 50.0. The minimum Gasteiger partial charge on any atom is -0.462 e. The molecule has 0 fully saturated rings. The molecule has 69 heavy (non-hydrogen) atoms. The Balaban J connectivity index is 4.24. The van der Waals surface area contributed by atoms with Crippen LogP contribution in [0.1, 0.15) is 367 Å². The van der Waals surface area contributed by atoms with E-state index < -0.39 is 6.10 Å². The SMILES string of the molecule is CCCCCCCCCCCCCCCCCCCCCCCC(=O)OC[C@H](COC(=O)CCCCCCCCCCCCCCCCC)OC(=O)CCCCCCCCCCCCCCCCC. The third-order valence-electron chi connectivity index (χ3n) is 14.6. The van der Waals surface area contributed by atoms with Gasteiger partial charge in [0.1, 0.15) is 13.2 Å². The summed E-state index contributed by atoms with van der Waals surface area (Å²) in [5, 5.41) is 0. The van der Waals surface area contributed by atoms with Gasteiger partial charge in [-0.2, -0.15) is 0 Å². The summed E-state index contributed by atoms with van der Waals surface area (Å²) in [7, 11) is 0. The van der Waals surface area contributed by atoms with E-state index in [0.29, 0.717) is 19.3 Å². The fourth-order valence-electron chi connectivity index (χ4n) is 9.86. The van der Waals surface area contributed by atoms with E-state index in [1.54, 1.807) is 0 Å². The van der Waals surface area contributed by atoms with Gasteiger partial charge in [-0.25, -0.2) is 0 Å². The van der Waals surface area contributed by atoms with E-state index in [9.17, 15) is 14.4 Å². The van der Waals surface area contributed by atoms with Crippen molar-refractivity contribution >= 4 is 17.9 Å². The fourth-order valence-corrected chi connectivity index (χ4v) is 9.86. The molecule has 0 aromatic heterocycles. The van der Waals surface area contributed by atoms with Crippen LogP contribution in [0, 0.1) is 0 Å². The van der Waals surface area contributed by atoms with Crippen molar-refractivity contribution in [2.45, 2.75) is 374 Å². The summed E-state index contributed by atoms with van der Waals surface area (Å²) < 4.78 is 16.9. The van der Waals surface area contributed by atoms with E-state index in [-0.39, 0.29) is 31.1 Å². The number of hydrogen-bond acceptors (Lipinski definition) is 6. The highest BCUT2D eigenvalue weighted by Crippen LogP contribution is 2.18.